The number of hydrogen-bond donors (Lipinski definition) is 3. The summed E-state index contributed by atoms with van der Waals surface area (Å²) >= 11 is 0. The van der Waals surface area contributed by atoms with Crippen molar-refractivity contribution in [2.24, 2.45) is 0 Å². The van der Waals surface area contributed by atoms with Crippen LogP contribution < -0.4 is 20.1 Å². The van der Waals surface area contributed by atoms with Crippen LogP contribution in [0.5, 0.6) is 11.5 Å². The fraction of sp³-hybridized carbons (Fsp3) is 0.0909. The number of pyridine rings is 2. The maximum absolute atomic E-state index is 12.9. The van der Waals surface area contributed by atoms with Crippen molar-refractivity contribution in [1.82, 2.24) is 9.97 Å². The van der Waals surface area contributed by atoms with Gasteiger partial charge in [-0.25, -0.2) is 28.0 Å². The Kier molecular flexibility index (Phi) is 17.8. The van der Waals surface area contributed by atoms with Crippen LogP contribution in [0.2, 0.25) is 0 Å². The SMILES string of the molecule is COC(=O)c1ccccc1NC(=O)Cc1ccc(S(=O)c2ccc(OCc3ccccc3)cc2)nc1.O=C(Cc1ccc(S(=O)c2ccc(OCc3ccccc3)cc2)nc1)Nc1ccccc1C(=O)O. The Balaban J connectivity index is 0.000000209. The minimum atomic E-state index is -1.49. The molecule has 0 radical (unpaired) electrons. The molecule has 2 atom stereocenters. The molecule has 16 heteroatoms. The molecule has 71 heavy (non-hydrogen) atoms. The minimum Gasteiger partial charge on any atom is -0.489 e. The molecular formula is C55H46N4O10S2. The van der Waals surface area contributed by atoms with Gasteiger partial charge >= 0.3 is 11.9 Å². The molecule has 0 aliphatic heterocycles. The molecule has 3 N–H and O–H groups in total. The standard InChI is InChI=1S/C28H24N2O5S.C27H22N2O5S/c1-34-28(32)24-9-5-6-10-25(24)30-26(31)17-21-11-16-27(29-18-21)36(33)23-14-12-22(13-15-23)35-19-20-7-3-2-4-8-20;30-25(29-24-9-5-4-8-23(24)27(31)32)16-20-10-15-26(28-17-20)35(33)22-13-11-21(12-14-22)34-18-19-6-2-1-3-7-19/h2-16,18H,17,19H2,1H3,(H,30,31);1-15,17H,16,18H2,(H,29,30)(H,31,32). The number of nitrogens with zero attached hydrogens (tertiary/aromatic N) is 2. The number of carbonyl (C=O) groups excluding carboxylic acids is 3. The molecule has 0 fully saturated rings. The van der Waals surface area contributed by atoms with Gasteiger partial charge in [-0.05, 0) is 107 Å². The number of amides is 2. The maximum Gasteiger partial charge on any atom is 0.339 e. The second kappa shape index (κ2) is 25.1. The van der Waals surface area contributed by atoms with Gasteiger partial charge in [0.15, 0.2) is 0 Å². The average molecular weight is 987 g/mol. The van der Waals surface area contributed by atoms with E-state index in [1.165, 1.54) is 31.6 Å². The van der Waals surface area contributed by atoms with Gasteiger partial charge in [-0.2, -0.15) is 0 Å². The van der Waals surface area contributed by atoms with Crippen LogP contribution in [0.1, 0.15) is 43.0 Å². The summed E-state index contributed by atoms with van der Waals surface area (Å²) in [5.41, 5.74) is 4.27. The van der Waals surface area contributed by atoms with Gasteiger partial charge in [-0.3, -0.25) is 9.59 Å². The van der Waals surface area contributed by atoms with E-state index >= 15 is 0 Å². The highest BCUT2D eigenvalue weighted by Crippen LogP contribution is 2.23. The Hall–Kier alpha value is -8.60. The molecule has 2 amide bonds. The molecule has 8 aromatic rings. The third-order valence-electron chi connectivity index (χ3n) is 10.3. The number of carboxylic acid groups (broad SMARTS) is 1. The predicted octanol–water partition coefficient (Wildman–Crippen LogP) is 9.50. The van der Waals surface area contributed by atoms with Crippen LogP contribution in [-0.4, -0.2) is 54.4 Å². The summed E-state index contributed by atoms with van der Waals surface area (Å²) in [6.07, 6.45) is 3.06. The number of carboxylic acids is 1. The lowest BCUT2D eigenvalue weighted by atomic mass is 10.1. The third-order valence-corrected chi connectivity index (χ3v) is 13.0. The number of aromatic nitrogens is 2. The Morgan fingerprint density at radius 3 is 1.27 bits per heavy atom. The van der Waals surface area contributed by atoms with Gasteiger partial charge in [0.2, 0.25) is 11.8 Å². The van der Waals surface area contributed by atoms with Gasteiger partial charge in [0.1, 0.15) is 56.4 Å². The van der Waals surface area contributed by atoms with E-state index in [4.69, 9.17) is 14.2 Å². The lowest BCUT2D eigenvalue weighted by Crippen LogP contribution is -2.17. The lowest BCUT2D eigenvalue weighted by Gasteiger charge is -2.10. The van der Waals surface area contributed by atoms with Crippen molar-refractivity contribution in [3.05, 3.63) is 228 Å². The molecule has 2 heterocycles. The molecule has 0 aliphatic rings. The van der Waals surface area contributed by atoms with Crippen LogP contribution >= 0.6 is 0 Å². The first-order valence-corrected chi connectivity index (χ1v) is 24.2. The van der Waals surface area contributed by atoms with Crippen molar-refractivity contribution in [1.29, 1.82) is 0 Å². The summed E-state index contributed by atoms with van der Waals surface area (Å²) in [4.78, 5) is 57.8. The summed E-state index contributed by atoms with van der Waals surface area (Å²) in [6.45, 7) is 0.899. The van der Waals surface area contributed by atoms with Crippen molar-refractivity contribution in [2.45, 2.75) is 45.9 Å². The van der Waals surface area contributed by atoms with Crippen molar-refractivity contribution in [3.63, 3.8) is 0 Å². The second-order valence-electron chi connectivity index (χ2n) is 15.4. The van der Waals surface area contributed by atoms with Crippen molar-refractivity contribution >= 4 is 56.7 Å². The number of ether oxygens (including phenoxy) is 3. The number of anilines is 2. The van der Waals surface area contributed by atoms with Gasteiger partial charge < -0.3 is 30.0 Å². The number of carbonyl (C=O) groups is 4. The summed E-state index contributed by atoms with van der Waals surface area (Å²) < 4.78 is 42.1. The molecule has 0 aliphatic carbocycles. The van der Waals surface area contributed by atoms with Crippen molar-refractivity contribution in [3.8, 4) is 11.5 Å². The highest BCUT2D eigenvalue weighted by atomic mass is 32.2. The number of rotatable bonds is 18. The molecule has 0 spiro atoms. The van der Waals surface area contributed by atoms with E-state index in [0.29, 0.717) is 61.4 Å². The second-order valence-corrected chi connectivity index (χ2v) is 18.2. The first kappa shape index (κ1) is 50.3. The zero-order valence-electron chi connectivity index (χ0n) is 38.1. The average Bonchev–Trinajstić information content (AvgIpc) is 3.41. The molecule has 0 bridgehead atoms. The zero-order valence-corrected chi connectivity index (χ0v) is 39.8. The Morgan fingerprint density at radius 2 is 0.873 bits per heavy atom. The number of hydrogen-bond acceptors (Lipinski definition) is 11. The number of nitrogens with one attached hydrogen (secondary N) is 2. The van der Waals surface area contributed by atoms with E-state index < -0.39 is 33.5 Å². The Morgan fingerprint density at radius 1 is 0.479 bits per heavy atom. The van der Waals surface area contributed by atoms with Gasteiger partial charge in [0.05, 0.1) is 42.5 Å². The first-order valence-electron chi connectivity index (χ1n) is 21.9. The van der Waals surface area contributed by atoms with Gasteiger partial charge in [-0.15, -0.1) is 0 Å². The van der Waals surface area contributed by atoms with Crippen LogP contribution in [0.4, 0.5) is 11.4 Å². The van der Waals surface area contributed by atoms with Gasteiger partial charge in [0, 0.05) is 22.2 Å². The summed E-state index contributed by atoms with van der Waals surface area (Å²) in [7, 11) is -1.68. The van der Waals surface area contributed by atoms with E-state index in [1.54, 1.807) is 109 Å². The first-order chi connectivity index (χ1) is 34.5. The predicted molar refractivity (Wildman–Crippen MR) is 268 cm³/mol. The molecular weight excluding hydrogens is 941 g/mol. The molecule has 8 rings (SSSR count). The molecule has 0 saturated heterocycles. The highest BCUT2D eigenvalue weighted by molar-refractivity contribution is 7.85. The molecule has 0 saturated carbocycles. The topological polar surface area (TPSA) is 200 Å². The number of esters is 1. The number of benzene rings is 6. The van der Waals surface area contributed by atoms with Crippen molar-refractivity contribution in [2.75, 3.05) is 17.7 Å². The van der Waals surface area contributed by atoms with E-state index in [0.717, 1.165) is 11.1 Å². The number of para-hydroxylation sites is 2. The summed E-state index contributed by atoms with van der Waals surface area (Å²) in [5, 5.41) is 15.3. The third kappa shape index (κ3) is 14.7. The van der Waals surface area contributed by atoms with E-state index in [-0.39, 0.29) is 41.5 Å². The molecule has 14 nitrogen and oxygen atoms in total. The molecule has 358 valence electrons. The summed E-state index contributed by atoms with van der Waals surface area (Å²) in [6, 6.07) is 53.2. The Bertz CT molecular complexity index is 3120. The number of aromatic carboxylic acids is 1. The zero-order chi connectivity index (χ0) is 50.0. The van der Waals surface area contributed by atoms with Gasteiger partial charge in [0.25, 0.3) is 0 Å². The van der Waals surface area contributed by atoms with E-state index in [1.807, 2.05) is 60.7 Å². The molecule has 2 unspecified atom stereocenters. The fourth-order valence-electron chi connectivity index (χ4n) is 6.71. The van der Waals surface area contributed by atoms with Gasteiger partial charge in [-0.1, -0.05) is 97.1 Å². The maximum atomic E-state index is 12.9. The lowest BCUT2D eigenvalue weighted by molar-refractivity contribution is -0.116. The van der Waals surface area contributed by atoms with Crippen LogP contribution in [-0.2, 0) is 62.0 Å². The van der Waals surface area contributed by atoms with Crippen molar-refractivity contribution < 1.29 is 46.9 Å². The molecule has 2 aromatic heterocycles. The molecule has 6 aromatic carbocycles. The quantitative estimate of drug-likeness (QED) is 0.0689. The summed E-state index contributed by atoms with van der Waals surface area (Å²) in [5.74, 6) is -0.981. The largest absolute Gasteiger partial charge is 0.489 e. The van der Waals surface area contributed by atoms with Crippen LogP contribution in [0.3, 0.4) is 0 Å². The van der Waals surface area contributed by atoms with Crippen LogP contribution in [0.15, 0.2) is 214 Å². The highest BCUT2D eigenvalue weighted by Gasteiger charge is 2.16. The normalized spacial score (nSPS) is 11.4. The smallest absolute Gasteiger partial charge is 0.339 e. The number of methoxy groups -OCH3 is 1. The van der Waals surface area contributed by atoms with Crippen LogP contribution in [0, 0.1) is 0 Å². The monoisotopic (exact) mass is 986 g/mol. The Labute approximate surface area is 414 Å². The van der Waals surface area contributed by atoms with E-state index in [2.05, 4.69) is 20.6 Å². The minimum absolute atomic E-state index is 0.00131. The van der Waals surface area contributed by atoms with Crippen LogP contribution in [0.25, 0.3) is 0 Å². The van der Waals surface area contributed by atoms with E-state index in [9.17, 15) is 32.7 Å². The fourth-order valence-corrected chi connectivity index (χ4v) is 8.64.